The minimum atomic E-state index is -0.698. The molecule has 0 amide bonds. The first-order valence-electron chi connectivity index (χ1n) is 6.99. The highest BCUT2D eigenvalue weighted by atomic mass is 16.4. The van der Waals surface area contributed by atoms with Gasteiger partial charge in [0.25, 0.3) is 0 Å². The van der Waals surface area contributed by atoms with E-state index in [0.29, 0.717) is 6.42 Å². The molecule has 0 aromatic heterocycles. The van der Waals surface area contributed by atoms with Crippen molar-refractivity contribution in [3.63, 3.8) is 0 Å². The van der Waals surface area contributed by atoms with Gasteiger partial charge in [0.2, 0.25) is 0 Å². The Balaban J connectivity index is 2.00. The van der Waals surface area contributed by atoms with Crippen LogP contribution in [0.1, 0.15) is 19.8 Å². The molecule has 0 saturated carbocycles. The number of benzene rings is 1. The van der Waals surface area contributed by atoms with E-state index in [9.17, 15) is 9.90 Å². The smallest absolute Gasteiger partial charge is 0.320 e. The van der Waals surface area contributed by atoms with Gasteiger partial charge in [-0.2, -0.15) is 0 Å². The Morgan fingerprint density at radius 3 is 2.58 bits per heavy atom. The number of carboxylic acids is 1. The summed E-state index contributed by atoms with van der Waals surface area (Å²) >= 11 is 0. The minimum Gasteiger partial charge on any atom is -0.480 e. The van der Waals surface area contributed by atoms with Gasteiger partial charge >= 0.3 is 5.97 Å². The van der Waals surface area contributed by atoms with E-state index in [4.69, 9.17) is 0 Å². The third kappa shape index (κ3) is 3.47. The van der Waals surface area contributed by atoms with Crippen LogP contribution in [0.15, 0.2) is 30.3 Å². The van der Waals surface area contributed by atoms with Gasteiger partial charge in [-0.1, -0.05) is 25.1 Å². The van der Waals surface area contributed by atoms with Crippen molar-refractivity contribution in [3.8, 4) is 0 Å². The lowest BCUT2D eigenvalue weighted by Gasteiger charge is -2.27. The zero-order valence-corrected chi connectivity index (χ0v) is 11.5. The normalized spacial score (nSPS) is 18.9. The van der Waals surface area contributed by atoms with Crippen molar-refractivity contribution in [3.05, 3.63) is 30.3 Å². The molecule has 4 heteroatoms. The summed E-state index contributed by atoms with van der Waals surface area (Å²) in [6.45, 7) is 5.52. The van der Waals surface area contributed by atoms with Gasteiger partial charge in [-0.3, -0.25) is 9.69 Å². The van der Waals surface area contributed by atoms with Gasteiger partial charge in [-0.05, 0) is 25.0 Å². The van der Waals surface area contributed by atoms with Crippen molar-refractivity contribution >= 4 is 11.7 Å². The SMILES string of the molecule is CC[C@H](C(=O)O)N1CCCN(c2ccccc2)CC1. The van der Waals surface area contributed by atoms with Crippen LogP contribution in [-0.2, 0) is 4.79 Å². The standard InChI is InChI=1S/C15H22N2O2/c1-2-14(15(18)19)17-10-6-9-16(11-12-17)13-7-4-3-5-8-13/h3-5,7-8,14H,2,6,9-12H2,1H3,(H,18,19)/t14-/m1/s1. The van der Waals surface area contributed by atoms with E-state index in [1.807, 2.05) is 25.1 Å². The van der Waals surface area contributed by atoms with Gasteiger partial charge in [0.05, 0.1) is 0 Å². The lowest BCUT2D eigenvalue weighted by molar-refractivity contribution is -0.143. The Morgan fingerprint density at radius 2 is 1.95 bits per heavy atom. The second kappa shape index (κ2) is 6.57. The Labute approximate surface area is 114 Å². The zero-order valence-electron chi connectivity index (χ0n) is 11.5. The fourth-order valence-corrected chi connectivity index (χ4v) is 2.74. The maximum absolute atomic E-state index is 11.2. The quantitative estimate of drug-likeness (QED) is 0.902. The number of aliphatic carboxylic acids is 1. The van der Waals surface area contributed by atoms with Crippen LogP contribution in [0.25, 0.3) is 0 Å². The molecule has 4 nitrogen and oxygen atoms in total. The van der Waals surface area contributed by atoms with E-state index >= 15 is 0 Å². The third-order valence-corrected chi connectivity index (χ3v) is 3.76. The highest BCUT2D eigenvalue weighted by Crippen LogP contribution is 2.17. The Morgan fingerprint density at radius 1 is 1.21 bits per heavy atom. The molecule has 0 radical (unpaired) electrons. The van der Waals surface area contributed by atoms with E-state index in [1.54, 1.807) is 0 Å². The first-order chi connectivity index (χ1) is 9.22. The summed E-state index contributed by atoms with van der Waals surface area (Å²) in [6, 6.07) is 10.0. The molecule has 0 bridgehead atoms. The summed E-state index contributed by atoms with van der Waals surface area (Å²) in [5.41, 5.74) is 1.23. The number of hydrogen-bond acceptors (Lipinski definition) is 3. The predicted octanol–water partition coefficient (Wildman–Crippen LogP) is 2.06. The topological polar surface area (TPSA) is 43.8 Å². The molecule has 1 fully saturated rings. The molecule has 1 heterocycles. The molecule has 19 heavy (non-hydrogen) atoms. The van der Waals surface area contributed by atoms with Crippen LogP contribution < -0.4 is 4.90 Å². The Kier molecular flexibility index (Phi) is 4.80. The number of rotatable bonds is 4. The number of hydrogen-bond donors (Lipinski definition) is 1. The monoisotopic (exact) mass is 262 g/mol. The Bertz CT molecular complexity index is 408. The number of carboxylic acid groups (broad SMARTS) is 1. The molecule has 1 N–H and O–H groups in total. The first-order valence-corrected chi connectivity index (χ1v) is 6.99. The van der Waals surface area contributed by atoms with Crippen LogP contribution in [-0.4, -0.2) is 48.2 Å². The molecule has 0 spiro atoms. The molecule has 104 valence electrons. The number of carbonyl (C=O) groups is 1. The van der Waals surface area contributed by atoms with Crippen molar-refractivity contribution < 1.29 is 9.90 Å². The summed E-state index contributed by atoms with van der Waals surface area (Å²) < 4.78 is 0. The van der Waals surface area contributed by atoms with Gasteiger partial charge in [-0.25, -0.2) is 0 Å². The van der Waals surface area contributed by atoms with Crippen LogP contribution in [0.4, 0.5) is 5.69 Å². The van der Waals surface area contributed by atoms with Crippen LogP contribution in [0.2, 0.25) is 0 Å². The highest BCUT2D eigenvalue weighted by molar-refractivity contribution is 5.73. The van der Waals surface area contributed by atoms with E-state index in [0.717, 1.165) is 32.6 Å². The van der Waals surface area contributed by atoms with Crippen LogP contribution in [0.3, 0.4) is 0 Å². The predicted molar refractivity (Wildman–Crippen MR) is 76.6 cm³/mol. The molecule has 0 unspecified atom stereocenters. The largest absolute Gasteiger partial charge is 0.480 e. The second-order valence-electron chi connectivity index (χ2n) is 4.97. The molecular formula is C15H22N2O2. The van der Waals surface area contributed by atoms with Gasteiger partial charge in [0.1, 0.15) is 6.04 Å². The molecule has 2 rings (SSSR count). The first kappa shape index (κ1) is 13.9. The Hall–Kier alpha value is -1.55. The van der Waals surface area contributed by atoms with Crippen molar-refractivity contribution in [2.24, 2.45) is 0 Å². The van der Waals surface area contributed by atoms with E-state index in [1.165, 1.54) is 5.69 Å². The summed E-state index contributed by atoms with van der Waals surface area (Å²) in [5, 5.41) is 9.24. The molecule has 1 atom stereocenters. The van der Waals surface area contributed by atoms with Gasteiger partial charge in [-0.15, -0.1) is 0 Å². The molecule has 1 aromatic carbocycles. The molecular weight excluding hydrogens is 240 g/mol. The highest BCUT2D eigenvalue weighted by Gasteiger charge is 2.25. The van der Waals surface area contributed by atoms with Gasteiger partial charge in [0.15, 0.2) is 0 Å². The minimum absolute atomic E-state index is 0.337. The third-order valence-electron chi connectivity index (χ3n) is 3.76. The molecule has 1 aliphatic rings. The average molecular weight is 262 g/mol. The summed E-state index contributed by atoms with van der Waals surface area (Å²) in [7, 11) is 0. The van der Waals surface area contributed by atoms with Crippen molar-refractivity contribution in [1.29, 1.82) is 0 Å². The second-order valence-corrected chi connectivity index (χ2v) is 4.97. The van der Waals surface area contributed by atoms with Gasteiger partial charge < -0.3 is 10.0 Å². The van der Waals surface area contributed by atoms with E-state index in [-0.39, 0.29) is 6.04 Å². The average Bonchev–Trinajstić information content (AvgIpc) is 2.66. The zero-order chi connectivity index (χ0) is 13.7. The fraction of sp³-hybridized carbons (Fsp3) is 0.533. The van der Waals surface area contributed by atoms with Crippen molar-refractivity contribution in [2.45, 2.75) is 25.8 Å². The maximum atomic E-state index is 11.2. The number of nitrogens with zero attached hydrogens (tertiary/aromatic N) is 2. The maximum Gasteiger partial charge on any atom is 0.320 e. The lowest BCUT2D eigenvalue weighted by atomic mass is 10.2. The molecule has 1 aromatic rings. The van der Waals surface area contributed by atoms with E-state index < -0.39 is 5.97 Å². The molecule has 0 aliphatic carbocycles. The van der Waals surface area contributed by atoms with E-state index in [2.05, 4.69) is 21.9 Å². The number of anilines is 1. The molecule has 1 aliphatic heterocycles. The molecule has 1 saturated heterocycles. The van der Waals surface area contributed by atoms with Crippen LogP contribution in [0.5, 0.6) is 0 Å². The summed E-state index contributed by atoms with van der Waals surface area (Å²) in [6.07, 6.45) is 1.68. The lowest BCUT2D eigenvalue weighted by Crippen LogP contribution is -2.42. The number of para-hydroxylation sites is 1. The fourth-order valence-electron chi connectivity index (χ4n) is 2.74. The van der Waals surface area contributed by atoms with Crippen LogP contribution in [0, 0.1) is 0 Å². The van der Waals surface area contributed by atoms with Crippen LogP contribution >= 0.6 is 0 Å². The van der Waals surface area contributed by atoms with Crippen molar-refractivity contribution in [1.82, 2.24) is 4.90 Å². The summed E-state index contributed by atoms with van der Waals surface area (Å²) in [5.74, 6) is -0.698. The summed E-state index contributed by atoms with van der Waals surface area (Å²) in [4.78, 5) is 15.7. The van der Waals surface area contributed by atoms with Gasteiger partial charge in [0, 0.05) is 31.9 Å². The van der Waals surface area contributed by atoms with Crippen molar-refractivity contribution in [2.75, 3.05) is 31.1 Å².